The van der Waals surface area contributed by atoms with Crippen LogP contribution in [-0.4, -0.2) is 51.9 Å². The number of primary sulfonamides is 1. The van der Waals surface area contributed by atoms with Crippen LogP contribution in [0.25, 0.3) is 0 Å². The quantitative estimate of drug-likeness (QED) is 0.315. The number of amides is 1. The molecule has 4 N–H and O–H groups in total. The summed E-state index contributed by atoms with van der Waals surface area (Å²) in [6.45, 7) is 2.96. The van der Waals surface area contributed by atoms with E-state index < -0.39 is 10.0 Å². The summed E-state index contributed by atoms with van der Waals surface area (Å²) < 4.78 is 22.6. The molecule has 1 aromatic rings. The third-order valence-corrected chi connectivity index (χ3v) is 6.00. The molecule has 3 rings (SSSR count). The molecule has 2 fully saturated rings. The lowest BCUT2D eigenvalue weighted by molar-refractivity contribution is -0.119. The fraction of sp³-hybridized carbons (Fsp3) is 0.529. The van der Waals surface area contributed by atoms with Crippen molar-refractivity contribution < 1.29 is 13.2 Å². The van der Waals surface area contributed by atoms with E-state index in [0.717, 1.165) is 44.0 Å². The number of aliphatic imine (C=N–C) groups is 1. The number of carbonyl (C=O) groups excluding carboxylic acids is 1. The molecule has 0 radical (unpaired) electrons. The Morgan fingerprint density at radius 2 is 2.07 bits per heavy atom. The van der Waals surface area contributed by atoms with Gasteiger partial charge in [0.25, 0.3) is 0 Å². The van der Waals surface area contributed by atoms with Gasteiger partial charge in [0.2, 0.25) is 15.9 Å². The van der Waals surface area contributed by atoms with E-state index in [0.29, 0.717) is 13.0 Å². The minimum atomic E-state index is -3.68. The number of nitrogens with two attached hydrogens (primary N) is 1. The van der Waals surface area contributed by atoms with Crippen molar-refractivity contribution in [2.24, 2.45) is 15.5 Å². The molecule has 27 heavy (non-hydrogen) atoms. The molecule has 8 nitrogen and oxygen atoms in total. The van der Waals surface area contributed by atoms with Crippen molar-refractivity contribution in [1.82, 2.24) is 15.5 Å². The number of halogens is 1. The molecule has 0 saturated carbocycles. The first-order valence-electron chi connectivity index (χ1n) is 8.65. The largest absolute Gasteiger partial charge is 0.355 e. The number of nitrogens with one attached hydrogen (secondary N) is 2. The Labute approximate surface area is 177 Å². The van der Waals surface area contributed by atoms with E-state index in [1.54, 1.807) is 19.2 Å². The molecular weight excluding hydrogens is 481 g/mol. The van der Waals surface area contributed by atoms with E-state index in [1.165, 1.54) is 12.1 Å². The van der Waals surface area contributed by atoms with Crippen molar-refractivity contribution >= 4 is 45.9 Å². The summed E-state index contributed by atoms with van der Waals surface area (Å²) in [5.74, 6) is 0.920. The van der Waals surface area contributed by atoms with Crippen molar-refractivity contribution in [2.75, 3.05) is 26.7 Å². The van der Waals surface area contributed by atoms with Crippen molar-refractivity contribution in [1.29, 1.82) is 0 Å². The van der Waals surface area contributed by atoms with Crippen LogP contribution in [0.4, 0.5) is 0 Å². The number of hydrogen-bond acceptors (Lipinski definition) is 4. The molecule has 0 bridgehead atoms. The zero-order valence-corrected chi connectivity index (χ0v) is 18.4. The Kier molecular flexibility index (Phi) is 7.09. The fourth-order valence-corrected chi connectivity index (χ4v) is 4.25. The van der Waals surface area contributed by atoms with Gasteiger partial charge in [-0.25, -0.2) is 13.6 Å². The maximum absolute atomic E-state index is 11.6. The van der Waals surface area contributed by atoms with E-state index in [-0.39, 0.29) is 40.2 Å². The number of benzene rings is 1. The number of carbonyl (C=O) groups is 1. The highest BCUT2D eigenvalue weighted by Gasteiger charge is 2.42. The summed E-state index contributed by atoms with van der Waals surface area (Å²) in [5, 5.41) is 11.4. The first-order valence-corrected chi connectivity index (χ1v) is 10.2. The molecule has 0 aromatic heterocycles. The van der Waals surface area contributed by atoms with Gasteiger partial charge in [-0.15, -0.1) is 24.0 Å². The van der Waals surface area contributed by atoms with Crippen LogP contribution in [0.15, 0.2) is 34.2 Å². The summed E-state index contributed by atoms with van der Waals surface area (Å²) in [7, 11) is -1.93. The third kappa shape index (κ3) is 5.32. The lowest BCUT2D eigenvalue weighted by Gasteiger charge is -2.40. The number of nitrogens with zero attached hydrogens (tertiary/aromatic N) is 2. The Morgan fingerprint density at radius 3 is 2.63 bits per heavy atom. The van der Waals surface area contributed by atoms with E-state index in [9.17, 15) is 13.2 Å². The third-order valence-electron chi connectivity index (χ3n) is 5.07. The van der Waals surface area contributed by atoms with Gasteiger partial charge in [0.15, 0.2) is 5.96 Å². The minimum Gasteiger partial charge on any atom is -0.355 e. The van der Waals surface area contributed by atoms with Crippen molar-refractivity contribution in [3.8, 4) is 0 Å². The van der Waals surface area contributed by atoms with Gasteiger partial charge in [-0.2, -0.15) is 0 Å². The van der Waals surface area contributed by atoms with Crippen LogP contribution in [0.3, 0.4) is 0 Å². The van der Waals surface area contributed by atoms with Gasteiger partial charge in [-0.3, -0.25) is 9.79 Å². The average molecular weight is 507 g/mol. The Balaban J connectivity index is 0.00000261. The van der Waals surface area contributed by atoms with Crippen molar-refractivity contribution in [3.05, 3.63) is 29.8 Å². The van der Waals surface area contributed by atoms with Gasteiger partial charge < -0.3 is 15.5 Å². The standard InChI is InChI=1S/C17H25N5O3S.HI/c1-19-16(20-10-13-3-5-14(6-4-13)26(18,24)25)22-8-2-7-17(12-22)9-15(23)21-11-17;/h3-6H,2,7-12H2,1H3,(H,19,20)(H,21,23)(H2,18,24,25);1H. The first kappa shape index (κ1) is 21.9. The monoisotopic (exact) mass is 507 g/mol. The van der Waals surface area contributed by atoms with Crippen LogP contribution in [0.2, 0.25) is 0 Å². The van der Waals surface area contributed by atoms with E-state index >= 15 is 0 Å². The second kappa shape index (κ2) is 8.74. The molecule has 1 unspecified atom stereocenters. The smallest absolute Gasteiger partial charge is 0.238 e. The molecule has 1 spiro atoms. The maximum Gasteiger partial charge on any atom is 0.238 e. The Bertz CT molecular complexity index is 812. The number of sulfonamides is 1. The lowest BCUT2D eigenvalue weighted by Crippen LogP contribution is -2.51. The van der Waals surface area contributed by atoms with Crippen LogP contribution in [0.5, 0.6) is 0 Å². The molecule has 2 saturated heterocycles. The molecule has 1 amide bonds. The predicted molar refractivity (Wildman–Crippen MR) is 114 cm³/mol. The van der Waals surface area contributed by atoms with Crippen LogP contribution in [0.1, 0.15) is 24.8 Å². The molecular formula is C17H26IN5O3S. The summed E-state index contributed by atoms with van der Waals surface area (Å²) in [6.07, 6.45) is 2.66. The number of hydrogen-bond donors (Lipinski definition) is 3. The van der Waals surface area contributed by atoms with Gasteiger partial charge in [0.1, 0.15) is 0 Å². The van der Waals surface area contributed by atoms with E-state index in [1.807, 2.05) is 0 Å². The Hall–Kier alpha value is -1.40. The molecule has 150 valence electrons. The predicted octanol–water partition coefficient (Wildman–Crippen LogP) is 0.629. The number of rotatable bonds is 3. The highest BCUT2D eigenvalue weighted by atomic mass is 127. The molecule has 2 heterocycles. The number of piperidine rings is 1. The zero-order valence-electron chi connectivity index (χ0n) is 15.3. The second-order valence-electron chi connectivity index (χ2n) is 7.07. The van der Waals surface area contributed by atoms with Gasteiger partial charge >= 0.3 is 0 Å². The average Bonchev–Trinajstić information content (AvgIpc) is 2.95. The molecule has 2 aliphatic rings. The summed E-state index contributed by atoms with van der Waals surface area (Å²) >= 11 is 0. The van der Waals surface area contributed by atoms with E-state index in [2.05, 4.69) is 20.5 Å². The topological polar surface area (TPSA) is 117 Å². The fourth-order valence-electron chi connectivity index (χ4n) is 3.74. The van der Waals surface area contributed by atoms with Crippen LogP contribution < -0.4 is 15.8 Å². The zero-order chi connectivity index (χ0) is 18.8. The van der Waals surface area contributed by atoms with Crippen molar-refractivity contribution in [3.63, 3.8) is 0 Å². The maximum atomic E-state index is 11.6. The van der Waals surface area contributed by atoms with Crippen LogP contribution >= 0.6 is 24.0 Å². The summed E-state index contributed by atoms with van der Waals surface area (Å²) in [5.41, 5.74) is 0.937. The summed E-state index contributed by atoms with van der Waals surface area (Å²) in [6, 6.07) is 6.47. The first-order chi connectivity index (χ1) is 12.3. The second-order valence-corrected chi connectivity index (χ2v) is 8.63. The lowest BCUT2D eigenvalue weighted by atomic mass is 9.79. The molecule has 2 aliphatic heterocycles. The highest BCUT2D eigenvalue weighted by Crippen LogP contribution is 2.35. The van der Waals surface area contributed by atoms with Gasteiger partial charge in [-0.05, 0) is 30.5 Å². The molecule has 1 aromatic carbocycles. The molecule has 1 atom stereocenters. The van der Waals surface area contributed by atoms with Crippen LogP contribution in [-0.2, 0) is 21.4 Å². The number of guanidine groups is 1. The highest BCUT2D eigenvalue weighted by molar-refractivity contribution is 14.0. The van der Waals surface area contributed by atoms with Gasteiger partial charge in [0, 0.05) is 45.1 Å². The van der Waals surface area contributed by atoms with Crippen LogP contribution in [0, 0.1) is 5.41 Å². The summed E-state index contributed by atoms with van der Waals surface area (Å²) in [4.78, 5) is 18.3. The molecule has 10 heteroatoms. The molecule has 0 aliphatic carbocycles. The Morgan fingerprint density at radius 1 is 1.37 bits per heavy atom. The van der Waals surface area contributed by atoms with Gasteiger partial charge in [0.05, 0.1) is 4.90 Å². The minimum absolute atomic E-state index is 0. The number of likely N-dealkylation sites (tertiary alicyclic amines) is 1. The normalized spacial score (nSPS) is 23.1. The van der Waals surface area contributed by atoms with Gasteiger partial charge in [-0.1, -0.05) is 12.1 Å². The van der Waals surface area contributed by atoms with E-state index in [4.69, 9.17) is 5.14 Å². The van der Waals surface area contributed by atoms with Crippen molar-refractivity contribution in [2.45, 2.75) is 30.7 Å². The SMILES string of the molecule is CN=C(NCc1ccc(S(N)(=O)=O)cc1)N1CCCC2(CNC(=O)C2)C1.I.